The number of aromatic amines is 1. The van der Waals surface area contributed by atoms with E-state index >= 15 is 0 Å². The van der Waals surface area contributed by atoms with E-state index in [0.29, 0.717) is 5.82 Å². The van der Waals surface area contributed by atoms with Gasteiger partial charge in [-0.15, -0.1) is 0 Å². The van der Waals surface area contributed by atoms with Crippen molar-refractivity contribution < 1.29 is 13.2 Å². The monoisotopic (exact) mass is 230 g/mol. The summed E-state index contributed by atoms with van der Waals surface area (Å²) in [6.45, 7) is 0. The van der Waals surface area contributed by atoms with Gasteiger partial charge in [0.25, 0.3) is 0 Å². The lowest BCUT2D eigenvalue weighted by molar-refractivity contribution is -0.142. The Morgan fingerprint density at radius 2 is 2.19 bits per heavy atom. The summed E-state index contributed by atoms with van der Waals surface area (Å²) in [5.41, 5.74) is -0.739. The van der Waals surface area contributed by atoms with Crippen LogP contribution in [0.5, 0.6) is 0 Å². The molecule has 7 heteroatoms. The highest BCUT2D eigenvalue weighted by Gasteiger charge is 2.36. The summed E-state index contributed by atoms with van der Waals surface area (Å²) in [6.07, 6.45) is 0.0855. The molecular weight excluding hydrogens is 221 g/mol. The molecule has 0 aliphatic carbocycles. The standard InChI is InChI=1S/C9H9F3N4/c1-16-5-6(4-7-13-2-3-14-7)8(15-16)9(10,11)12/h2-3,5H,4H2,1H3,(H,13,14). The number of nitrogens with zero attached hydrogens (tertiary/aromatic N) is 3. The van der Waals surface area contributed by atoms with Crippen molar-refractivity contribution in [3.63, 3.8) is 0 Å². The fourth-order valence-electron chi connectivity index (χ4n) is 1.48. The molecule has 0 unspecified atom stereocenters. The van der Waals surface area contributed by atoms with Crippen molar-refractivity contribution >= 4 is 0 Å². The van der Waals surface area contributed by atoms with Crippen molar-refractivity contribution in [3.8, 4) is 0 Å². The Kier molecular flexibility index (Phi) is 2.45. The predicted octanol–water partition coefficient (Wildman–Crippen LogP) is 1.75. The molecule has 0 aliphatic heterocycles. The first-order chi connectivity index (χ1) is 7.47. The molecule has 0 radical (unpaired) electrons. The molecular formula is C9H9F3N4. The number of hydrogen-bond acceptors (Lipinski definition) is 2. The van der Waals surface area contributed by atoms with Crippen molar-refractivity contribution in [2.75, 3.05) is 0 Å². The average molecular weight is 230 g/mol. The van der Waals surface area contributed by atoms with Crippen molar-refractivity contribution in [3.05, 3.63) is 35.7 Å². The molecule has 16 heavy (non-hydrogen) atoms. The van der Waals surface area contributed by atoms with Crippen LogP contribution in [0.25, 0.3) is 0 Å². The van der Waals surface area contributed by atoms with Gasteiger partial charge in [-0.2, -0.15) is 18.3 Å². The second-order valence-electron chi connectivity index (χ2n) is 3.39. The van der Waals surface area contributed by atoms with E-state index < -0.39 is 11.9 Å². The largest absolute Gasteiger partial charge is 0.435 e. The van der Waals surface area contributed by atoms with Gasteiger partial charge >= 0.3 is 6.18 Å². The summed E-state index contributed by atoms with van der Waals surface area (Å²) in [5.74, 6) is 0.485. The van der Waals surface area contributed by atoms with Gasteiger partial charge in [0.15, 0.2) is 5.69 Å². The Morgan fingerprint density at radius 3 is 2.75 bits per heavy atom. The van der Waals surface area contributed by atoms with Gasteiger partial charge in [0, 0.05) is 37.6 Å². The Balaban J connectivity index is 2.34. The topological polar surface area (TPSA) is 46.5 Å². The van der Waals surface area contributed by atoms with Crippen LogP contribution in [0.2, 0.25) is 0 Å². The minimum Gasteiger partial charge on any atom is -0.348 e. The third-order valence-electron chi connectivity index (χ3n) is 2.09. The smallest absolute Gasteiger partial charge is 0.348 e. The number of aromatic nitrogens is 4. The Morgan fingerprint density at radius 1 is 1.44 bits per heavy atom. The fraction of sp³-hybridized carbons (Fsp3) is 0.333. The van der Waals surface area contributed by atoms with E-state index in [-0.39, 0.29) is 12.0 Å². The van der Waals surface area contributed by atoms with Gasteiger partial charge in [-0.25, -0.2) is 4.98 Å². The van der Waals surface area contributed by atoms with Crippen LogP contribution < -0.4 is 0 Å². The first-order valence-electron chi connectivity index (χ1n) is 4.55. The highest BCUT2D eigenvalue weighted by atomic mass is 19.4. The molecule has 2 aromatic heterocycles. The zero-order valence-corrected chi connectivity index (χ0v) is 8.41. The molecule has 0 fully saturated rings. The van der Waals surface area contributed by atoms with Crippen molar-refractivity contribution in [1.82, 2.24) is 19.7 Å². The first kappa shape index (κ1) is 10.7. The molecule has 0 amide bonds. The molecule has 0 aliphatic rings. The lowest BCUT2D eigenvalue weighted by Crippen LogP contribution is -2.10. The molecule has 0 saturated carbocycles. The third kappa shape index (κ3) is 2.07. The fourth-order valence-corrected chi connectivity index (χ4v) is 1.48. The van der Waals surface area contributed by atoms with Crippen LogP contribution in [0.4, 0.5) is 13.2 Å². The van der Waals surface area contributed by atoms with Crippen LogP contribution in [0, 0.1) is 0 Å². The molecule has 86 valence electrons. The van der Waals surface area contributed by atoms with Crippen LogP contribution in [0.1, 0.15) is 17.1 Å². The summed E-state index contributed by atoms with van der Waals surface area (Å²) >= 11 is 0. The van der Waals surface area contributed by atoms with Crippen LogP contribution in [-0.2, 0) is 19.6 Å². The van der Waals surface area contributed by atoms with Crippen molar-refractivity contribution in [2.45, 2.75) is 12.6 Å². The van der Waals surface area contributed by atoms with Crippen LogP contribution in [-0.4, -0.2) is 19.7 Å². The SMILES string of the molecule is Cn1cc(Cc2ncc[nH]2)c(C(F)(F)F)n1. The molecule has 1 N–H and O–H groups in total. The van der Waals surface area contributed by atoms with E-state index in [1.807, 2.05) is 0 Å². The Hall–Kier alpha value is -1.79. The lowest BCUT2D eigenvalue weighted by Gasteiger charge is -2.04. The molecule has 0 atom stereocenters. The Labute approximate surface area is 89.1 Å². The first-order valence-corrected chi connectivity index (χ1v) is 4.55. The zero-order chi connectivity index (χ0) is 11.8. The number of H-pyrrole nitrogens is 1. The number of alkyl halides is 3. The van der Waals surface area contributed by atoms with Crippen molar-refractivity contribution in [2.24, 2.45) is 7.05 Å². The predicted molar refractivity (Wildman–Crippen MR) is 49.6 cm³/mol. The summed E-state index contributed by atoms with van der Waals surface area (Å²) in [7, 11) is 1.46. The molecule has 0 saturated heterocycles. The highest BCUT2D eigenvalue weighted by molar-refractivity contribution is 5.23. The minimum atomic E-state index is -4.43. The maximum Gasteiger partial charge on any atom is 0.435 e. The molecule has 0 spiro atoms. The summed E-state index contributed by atoms with van der Waals surface area (Å²) in [6, 6.07) is 0. The van der Waals surface area contributed by atoms with Crippen molar-refractivity contribution in [1.29, 1.82) is 0 Å². The number of nitrogens with one attached hydrogen (secondary N) is 1. The maximum atomic E-state index is 12.6. The van der Waals surface area contributed by atoms with Gasteiger partial charge in [-0.3, -0.25) is 4.68 Å². The van der Waals surface area contributed by atoms with Crippen LogP contribution >= 0.6 is 0 Å². The van der Waals surface area contributed by atoms with Gasteiger partial charge in [0.2, 0.25) is 0 Å². The second-order valence-corrected chi connectivity index (χ2v) is 3.39. The molecule has 2 heterocycles. The minimum absolute atomic E-state index is 0.0929. The summed E-state index contributed by atoms with van der Waals surface area (Å²) in [5, 5.41) is 3.41. The lowest BCUT2D eigenvalue weighted by atomic mass is 10.2. The van der Waals surface area contributed by atoms with Gasteiger partial charge < -0.3 is 4.98 Å². The summed E-state index contributed by atoms with van der Waals surface area (Å²) < 4.78 is 38.9. The Bertz CT molecular complexity index is 469. The molecule has 2 rings (SSSR count). The van der Waals surface area contributed by atoms with Crippen LogP contribution in [0.3, 0.4) is 0 Å². The van der Waals surface area contributed by atoms with E-state index in [1.54, 1.807) is 6.20 Å². The third-order valence-corrected chi connectivity index (χ3v) is 2.09. The van der Waals surface area contributed by atoms with Gasteiger partial charge in [0.1, 0.15) is 5.82 Å². The van der Waals surface area contributed by atoms with Crippen LogP contribution in [0.15, 0.2) is 18.6 Å². The van der Waals surface area contributed by atoms with E-state index in [9.17, 15) is 13.2 Å². The van der Waals surface area contributed by atoms with E-state index in [2.05, 4.69) is 15.1 Å². The molecule has 4 nitrogen and oxygen atoms in total. The molecule has 0 bridgehead atoms. The average Bonchev–Trinajstić information content (AvgIpc) is 2.74. The maximum absolute atomic E-state index is 12.6. The van der Waals surface area contributed by atoms with E-state index in [0.717, 1.165) is 4.68 Å². The number of imidazole rings is 1. The summed E-state index contributed by atoms with van der Waals surface area (Å²) in [4.78, 5) is 6.64. The van der Waals surface area contributed by atoms with Gasteiger partial charge in [-0.1, -0.05) is 0 Å². The highest BCUT2D eigenvalue weighted by Crippen LogP contribution is 2.31. The van der Waals surface area contributed by atoms with Gasteiger partial charge in [0.05, 0.1) is 0 Å². The number of halogens is 3. The molecule has 2 aromatic rings. The number of hydrogen-bond donors (Lipinski definition) is 1. The normalized spacial score (nSPS) is 12.0. The zero-order valence-electron chi connectivity index (χ0n) is 8.41. The number of aryl methyl sites for hydroxylation is 1. The second kappa shape index (κ2) is 3.66. The van der Waals surface area contributed by atoms with Gasteiger partial charge in [-0.05, 0) is 0 Å². The van der Waals surface area contributed by atoms with E-state index in [1.165, 1.54) is 19.4 Å². The quantitative estimate of drug-likeness (QED) is 0.854. The number of rotatable bonds is 2. The van der Waals surface area contributed by atoms with E-state index in [4.69, 9.17) is 0 Å². The molecule has 0 aromatic carbocycles.